The van der Waals surface area contributed by atoms with Gasteiger partial charge in [-0.3, -0.25) is 4.99 Å². The lowest BCUT2D eigenvalue weighted by Crippen LogP contribution is -2.14. The molecule has 3 nitrogen and oxygen atoms in total. The van der Waals surface area contributed by atoms with Gasteiger partial charge in [-0.05, 0) is 0 Å². The van der Waals surface area contributed by atoms with Gasteiger partial charge in [0.2, 0.25) is 0 Å². The minimum atomic E-state index is -0.454. The maximum Gasteiger partial charge on any atom is 0.109 e. The van der Waals surface area contributed by atoms with E-state index in [0.717, 1.165) is 0 Å². The molecule has 1 heterocycles. The summed E-state index contributed by atoms with van der Waals surface area (Å²) in [7, 11) is 0. The molecule has 1 aliphatic rings. The van der Waals surface area contributed by atoms with Crippen LogP contribution in [0.4, 0.5) is 0 Å². The second-order valence-corrected chi connectivity index (χ2v) is 1.35. The number of hydrogen-bond acceptors (Lipinski definition) is 3. The average Bonchev–Trinajstić information content (AvgIpc) is 1.69. The Morgan fingerprint density at radius 1 is 1.62 bits per heavy atom. The molecule has 0 radical (unpaired) electrons. The molecule has 4 heteroatoms. The molecule has 46 valence electrons. The van der Waals surface area contributed by atoms with Crippen LogP contribution in [0.25, 0.3) is 0 Å². The lowest BCUT2D eigenvalue weighted by atomic mass is 10.4. The van der Waals surface area contributed by atoms with E-state index in [2.05, 4.69) is 9.98 Å². The zero-order valence-corrected chi connectivity index (χ0v) is 5.01. The van der Waals surface area contributed by atoms with Gasteiger partial charge in [-0.1, -0.05) is 0 Å². The first-order chi connectivity index (χ1) is 3.39. The van der Waals surface area contributed by atoms with Gasteiger partial charge in [0.05, 0.1) is 6.54 Å². The van der Waals surface area contributed by atoms with E-state index in [-0.39, 0.29) is 12.4 Å². The van der Waals surface area contributed by atoms with E-state index in [4.69, 9.17) is 5.11 Å². The molecule has 1 atom stereocenters. The van der Waals surface area contributed by atoms with E-state index in [0.29, 0.717) is 6.54 Å². The van der Waals surface area contributed by atoms with Crippen LogP contribution in [0.15, 0.2) is 9.98 Å². The summed E-state index contributed by atoms with van der Waals surface area (Å²) >= 11 is 0. The molecular weight excluding hydrogens is 128 g/mol. The number of rotatable bonds is 0. The van der Waals surface area contributed by atoms with Crippen LogP contribution in [0.3, 0.4) is 0 Å². The van der Waals surface area contributed by atoms with Crippen molar-refractivity contribution in [2.75, 3.05) is 6.54 Å². The number of nitrogens with zero attached hydrogens (tertiary/aromatic N) is 2. The Hall–Kier alpha value is -0.410. The minimum absolute atomic E-state index is 0. The highest BCUT2D eigenvalue weighted by atomic mass is 35.5. The Labute approximate surface area is 53.6 Å². The molecule has 1 rings (SSSR count). The van der Waals surface area contributed by atoms with Crippen molar-refractivity contribution < 1.29 is 5.11 Å². The molecule has 0 aromatic heterocycles. The smallest absolute Gasteiger partial charge is 0.109 e. The van der Waals surface area contributed by atoms with Crippen molar-refractivity contribution in [3.05, 3.63) is 0 Å². The quantitative estimate of drug-likeness (QED) is 0.493. The fourth-order valence-electron chi connectivity index (χ4n) is 0.387. The summed E-state index contributed by atoms with van der Waals surface area (Å²) in [6, 6.07) is 0. The van der Waals surface area contributed by atoms with Gasteiger partial charge >= 0.3 is 0 Å². The van der Waals surface area contributed by atoms with Gasteiger partial charge in [0.1, 0.15) is 12.4 Å². The van der Waals surface area contributed by atoms with E-state index in [1.54, 1.807) is 0 Å². The summed E-state index contributed by atoms with van der Waals surface area (Å²) in [5.74, 6) is 0. The SMILES string of the molecule is Cl.OC1C=NC=NC1. The molecule has 0 bridgehead atoms. The van der Waals surface area contributed by atoms with Crippen molar-refractivity contribution in [1.82, 2.24) is 0 Å². The van der Waals surface area contributed by atoms with Gasteiger partial charge in [0, 0.05) is 6.21 Å². The third-order valence-corrected chi connectivity index (χ3v) is 0.699. The molecule has 0 spiro atoms. The van der Waals surface area contributed by atoms with E-state index < -0.39 is 6.10 Å². The Morgan fingerprint density at radius 3 is 2.62 bits per heavy atom. The van der Waals surface area contributed by atoms with Crippen molar-refractivity contribution in [2.24, 2.45) is 9.98 Å². The monoisotopic (exact) mass is 134 g/mol. The molecule has 0 aliphatic carbocycles. The first-order valence-corrected chi connectivity index (χ1v) is 2.09. The first-order valence-electron chi connectivity index (χ1n) is 2.09. The van der Waals surface area contributed by atoms with E-state index in [1.165, 1.54) is 12.6 Å². The molecule has 1 N–H and O–H groups in total. The Kier molecular flexibility index (Phi) is 3.39. The summed E-state index contributed by atoms with van der Waals surface area (Å²) in [6.07, 6.45) is 2.45. The number of aliphatic hydroxyl groups excluding tert-OH is 1. The van der Waals surface area contributed by atoms with Gasteiger partial charge < -0.3 is 5.11 Å². The molecule has 0 saturated carbocycles. The largest absolute Gasteiger partial charge is 0.385 e. The number of hydrogen-bond donors (Lipinski definition) is 1. The van der Waals surface area contributed by atoms with Crippen LogP contribution in [0, 0.1) is 0 Å². The third kappa shape index (κ3) is 2.04. The Bertz CT molecular complexity index is 113. The molecule has 1 unspecified atom stereocenters. The zero-order valence-electron chi connectivity index (χ0n) is 4.19. The number of aliphatic hydroxyl groups is 1. The van der Waals surface area contributed by atoms with Crippen LogP contribution in [-0.4, -0.2) is 30.3 Å². The molecular formula is C4H7ClN2O. The second-order valence-electron chi connectivity index (χ2n) is 1.35. The molecule has 0 aromatic carbocycles. The number of aliphatic imine (C=N–C) groups is 2. The van der Waals surface area contributed by atoms with Crippen LogP contribution in [0.5, 0.6) is 0 Å². The lowest BCUT2D eigenvalue weighted by Gasteiger charge is -2.00. The van der Waals surface area contributed by atoms with Crippen LogP contribution >= 0.6 is 12.4 Å². The van der Waals surface area contributed by atoms with Gasteiger partial charge in [-0.2, -0.15) is 0 Å². The van der Waals surface area contributed by atoms with Gasteiger partial charge in [0.25, 0.3) is 0 Å². The summed E-state index contributed by atoms with van der Waals surface area (Å²) in [6.45, 7) is 0.462. The Balaban J connectivity index is 0.000000490. The average molecular weight is 135 g/mol. The normalized spacial score (nSPS) is 24.9. The van der Waals surface area contributed by atoms with Crippen molar-refractivity contribution in [3.63, 3.8) is 0 Å². The van der Waals surface area contributed by atoms with Crippen molar-refractivity contribution in [2.45, 2.75) is 6.10 Å². The van der Waals surface area contributed by atoms with Crippen molar-refractivity contribution in [3.8, 4) is 0 Å². The van der Waals surface area contributed by atoms with Crippen molar-refractivity contribution in [1.29, 1.82) is 0 Å². The molecule has 0 saturated heterocycles. The lowest BCUT2D eigenvalue weighted by molar-refractivity contribution is 0.254. The summed E-state index contributed by atoms with van der Waals surface area (Å²) < 4.78 is 0. The fraction of sp³-hybridized carbons (Fsp3) is 0.500. The summed E-state index contributed by atoms with van der Waals surface area (Å²) in [5, 5.41) is 8.65. The topological polar surface area (TPSA) is 45.0 Å². The van der Waals surface area contributed by atoms with Crippen LogP contribution in [0.1, 0.15) is 0 Å². The molecule has 0 amide bonds. The zero-order chi connectivity index (χ0) is 5.11. The maximum atomic E-state index is 8.65. The standard InChI is InChI=1S/C4H6N2O.ClH/c7-4-1-5-3-6-2-4;/h1,3-4,7H,2H2;1H. The highest BCUT2D eigenvalue weighted by Gasteiger charge is 1.97. The Morgan fingerprint density at radius 2 is 2.38 bits per heavy atom. The van der Waals surface area contributed by atoms with Gasteiger partial charge in [0.15, 0.2) is 0 Å². The predicted octanol–water partition coefficient (Wildman–Crippen LogP) is -0.118. The van der Waals surface area contributed by atoms with Gasteiger partial charge in [-0.15, -0.1) is 12.4 Å². The van der Waals surface area contributed by atoms with Crippen LogP contribution in [-0.2, 0) is 0 Å². The van der Waals surface area contributed by atoms with E-state index in [9.17, 15) is 0 Å². The van der Waals surface area contributed by atoms with E-state index >= 15 is 0 Å². The molecule has 0 aromatic rings. The molecule has 8 heavy (non-hydrogen) atoms. The van der Waals surface area contributed by atoms with Gasteiger partial charge in [-0.25, -0.2) is 4.99 Å². The maximum absolute atomic E-state index is 8.65. The number of halogens is 1. The highest BCUT2D eigenvalue weighted by Crippen LogP contribution is 1.83. The van der Waals surface area contributed by atoms with Crippen LogP contribution in [0.2, 0.25) is 0 Å². The summed E-state index contributed by atoms with van der Waals surface area (Å²) in [4.78, 5) is 7.28. The summed E-state index contributed by atoms with van der Waals surface area (Å²) in [5.41, 5.74) is 0. The second kappa shape index (κ2) is 3.57. The molecule has 1 aliphatic heterocycles. The van der Waals surface area contributed by atoms with Crippen LogP contribution < -0.4 is 0 Å². The minimum Gasteiger partial charge on any atom is -0.385 e. The van der Waals surface area contributed by atoms with E-state index in [1.807, 2.05) is 0 Å². The molecule has 0 fully saturated rings. The first kappa shape index (κ1) is 7.59. The third-order valence-electron chi connectivity index (χ3n) is 0.699. The fourth-order valence-corrected chi connectivity index (χ4v) is 0.387. The predicted molar refractivity (Wildman–Crippen MR) is 35.1 cm³/mol. The van der Waals surface area contributed by atoms with Crippen molar-refractivity contribution >= 4 is 25.0 Å². The highest BCUT2D eigenvalue weighted by molar-refractivity contribution is 5.85.